The molecule has 454 valence electrons. The Balaban J connectivity index is 3.51. The molecule has 0 bridgehead atoms. The van der Waals surface area contributed by atoms with Gasteiger partial charge in [0.05, 0.1) is 6.61 Å². The first kappa shape index (κ1) is 75.6. The van der Waals surface area contributed by atoms with Crippen molar-refractivity contribution in [3.63, 3.8) is 0 Å². The van der Waals surface area contributed by atoms with Gasteiger partial charge in [0.2, 0.25) is 0 Å². The summed E-state index contributed by atoms with van der Waals surface area (Å²) in [6, 6.07) is 0. The van der Waals surface area contributed by atoms with E-state index in [1.807, 2.05) is 0 Å². The van der Waals surface area contributed by atoms with Crippen molar-refractivity contribution >= 4 is 11.9 Å². The molecule has 0 amide bonds. The normalized spacial score (nSPS) is 12.9. The van der Waals surface area contributed by atoms with E-state index >= 15 is 0 Å². The number of carbonyl (C=O) groups is 2. The molecule has 0 aromatic carbocycles. The standard InChI is InChI=1S/C74H128O5/c1-3-5-7-9-11-13-15-17-19-21-23-25-27-29-31-32-33-34-35-36-37-38-39-40-41-42-43-45-47-49-51-53-55-57-59-61-63-65-67-69-74(77)79-72(70-75)71-78-73(76)68-66-64-62-60-58-56-54-52-50-48-46-44-30-28-26-24-22-20-18-16-14-12-10-8-6-4-2/h5,7,11,13,17,19,23,25,29,31,33-34,36-37,39-40,42-43,72,75H,3-4,6,8-10,12,14-16,18,20-22,24,26-28,30,32,35,38,41,44-71H2,1-2H3/b7-5-,13-11-,19-17-,25-23-,31-29-,34-33-,37-36-,40-39-,43-42-. The third-order valence-corrected chi connectivity index (χ3v) is 14.8. The monoisotopic (exact) mass is 1100 g/mol. The second-order valence-electron chi connectivity index (χ2n) is 22.5. The van der Waals surface area contributed by atoms with Crippen LogP contribution in [0.5, 0.6) is 0 Å². The number of esters is 2. The van der Waals surface area contributed by atoms with Crippen molar-refractivity contribution in [2.24, 2.45) is 0 Å². The average molecular weight is 1100 g/mol. The Bertz CT molecular complexity index is 1520. The fourth-order valence-corrected chi connectivity index (χ4v) is 9.79. The largest absolute Gasteiger partial charge is 0.462 e. The quantitative estimate of drug-likeness (QED) is 0.0373. The van der Waals surface area contributed by atoms with Crippen molar-refractivity contribution in [3.8, 4) is 0 Å². The minimum Gasteiger partial charge on any atom is -0.462 e. The Morgan fingerprint density at radius 2 is 0.544 bits per heavy atom. The van der Waals surface area contributed by atoms with Crippen LogP contribution in [0.25, 0.3) is 0 Å². The van der Waals surface area contributed by atoms with Gasteiger partial charge in [-0.1, -0.05) is 342 Å². The number of hydrogen-bond donors (Lipinski definition) is 1. The molecule has 0 spiro atoms. The number of aliphatic hydroxyl groups excluding tert-OH is 1. The van der Waals surface area contributed by atoms with Crippen molar-refractivity contribution in [2.75, 3.05) is 13.2 Å². The van der Waals surface area contributed by atoms with E-state index in [-0.39, 0.29) is 25.2 Å². The number of rotatable bonds is 62. The summed E-state index contributed by atoms with van der Waals surface area (Å²) < 4.78 is 10.8. The molecule has 1 atom stereocenters. The lowest BCUT2D eigenvalue weighted by atomic mass is 10.0. The minimum atomic E-state index is -0.779. The summed E-state index contributed by atoms with van der Waals surface area (Å²) in [7, 11) is 0. The van der Waals surface area contributed by atoms with Gasteiger partial charge in [-0.2, -0.15) is 0 Å². The zero-order valence-corrected chi connectivity index (χ0v) is 52.1. The highest BCUT2D eigenvalue weighted by atomic mass is 16.6. The van der Waals surface area contributed by atoms with Crippen molar-refractivity contribution in [1.29, 1.82) is 0 Å². The van der Waals surface area contributed by atoms with Crippen LogP contribution >= 0.6 is 0 Å². The summed E-state index contributed by atoms with van der Waals surface area (Å²) in [5, 5.41) is 9.69. The Morgan fingerprint density at radius 1 is 0.304 bits per heavy atom. The van der Waals surface area contributed by atoms with Gasteiger partial charge in [-0.25, -0.2) is 0 Å². The topological polar surface area (TPSA) is 72.8 Å². The van der Waals surface area contributed by atoms with Gasteiger partial charge in [0.15, 0.2) is 6.10 Å². The second kappa shape index (κ2) is 68.8. The fourth-order valence-electron chi connectivity index (χ4n) is 9.79. The lowest BCUT2D eigenvalue weighted by Gasteiger charge is -2.15. The van der Waals surface area contributed by atoms with Crippen LogP contribution in [-0.2, 0) is 19.1 Å². The van der Waals surface area contributed by atoms with Crippen LogP contribution < -0.4 is 0 Å². The van der Waals surface area contributed by atoms with E-state index in [1.165, 1.54) is 205 Å². The molecule has 0 saturated carbocycles. The van der Waals surface area contributed by atoms with Crippen LogP contribution in [0.15, 0.2) is 109 Å². The van der Waals surface area contributed by atoms with Gasteiger partial charge < -0.3 is 14.6 Å². The minimum absolute atomic E-state index is 0.0673. The van der Waals surface area contributed by atoms with E-state index in [0.29, 0.717) is 12.8 Å². The number of unbranched alkanes of at least 4 members (excludes halogenated alkanes) is 36. The molecule has 79 heavy (non-hydrogen) atoms. The average Bonchev–Trinajstić information content (AvgIpc) is 3.45. The number of ether oxygens (including phenoxy) is 2. The maximum atomic E-state index is 12.4. The molecule has 1 N–H and O–H groups in total. The van der Waals surface area contributed by atoms with Crippen LogP contribution in [0.4, 0.5) is 0 Å². The van der Waals surface area contributed by atoms with Crippen molar-refractivity contribution in [1.82, 2.24) is 0 Å². The highest BCUT2D eigenvalue weighted by molar-refractivity contribution is 5.70. The molecule has 0 fully saturated rings. The van der Waals surface area contributed by atoms with Crippen molar-refractivity contribution in [2.45, 2.75) is 335 Å². The van der Waals surface area contributed by atoms with E-state index in [2.05, 4.69) is 123 Å². The molecule has 0 aliphatic rings. The predicted molar refractivity (Wildman–Crippen MR) is 348 cm³/mol. The number of aliphatic hydroxyl groups is 1. The van der Waals surface area contributed by atoms with E-state index in [0.717, 1.165) is 96.3 Å². The van der Waals surface area contributed by atoms with Gasteiger partial charge in [0, 0.05) is 12.8 Å². The molecule has 5 heteroatoms. The van der Waals surface area contributed by atoms with Crippen LogP contribution in [-0.4, -0.2) is 36.4 Å². The first-order valence-electron chi connectivity index (χ1n) is 33.9. The maximum absolute atomic E-state index is 12.4. The SMILES string of the molecule is CC/C=C\C/C=C\C/C=C\C/C=C\C/C=C\C/C=C\C/C=C\C/C=C\C/C=C\CCCCCCCCCCCCCC(=O)OC(CO)COC(=O)CCCCCCCCCCCCCCCCCCCCCCCCCCCC. The molecule has 0 rings (SSSR count). The molecule has 0 aromatic rings. The summed E-state index contributed by atoms with van der Waals surface area (Å²) in [5.41, 5.74) is 0. The van der Waals surface area contributed by atoms with Gasteiger partial charge >= 0.3 is 11.9 Å². The first-order chi connectivity index (χ1) is 39.1. The predicted octanol–water partition coefficient (Wildman–Crippen LogP) is 23.6. The van der Waals surface area contributed by atoms with Crippen LogP contribution in [0.3, 0.4) is 0 Å². The lowest BCUT2D eigenvalue weighted by molar-refractivity contribution is -0.161. The Morgan fingerprint density at radius 3 is 0.823 bits per heavy atom. The lowest BCUT2D eigenvalue weighted by Crippen LogP contribution is -2.28. The van der Waals surface area contributed by atoms with E-state index in [1.54, 1.807) is 0 Å². The summed E-state index contributed by atoms with van der Waals surface area (Å²) in [6.07, 6.45) is 99.6. The van der Waals surface area contributed by atoms with E-state index < -0.39 is 6.10 Å². The first-order valence-corrected chi connectivity index (χ1v) is 33.9. The summed E-state index contributed by atoms with van der Waals surface area (Å²) in [6.45, 7) is 4.06. The Labute approximate surface area is 491 Å². The summed E-state index contributed by atoms with van der Waals surface area (Å²) in [5.74, 6) is -0.583. The van der Waals surface area contributed by atoms with Crippen molar-refractivity contribution in [3.05, 3.63) is 109 Å². The molecule has 0 aliphatic carbocycles. The molecule has 5 nitrogen and oxygen atoms in total. The maximum Gasteiger partial charge on any atom is 0.306 e. The molecule has 0 heterocycles. The highest BCUT2D eigenvalue weighted by Gasteiger charge is 2.16. The summed E-state index contributed by atoms with van der Waals surface area (Å²) >= 11 is 0. The number of allylic oxidation sites excluding steroid dienone is 18. The molecular weight excluding hydrogens is 969 g/mol. The highest BCUT2D eigenvalue weighted by Crippen LogP contribution is 2.18. The van der Waals surface area contributed by atoms with Gasteiger partial charge in [0.1, 0.15) is 6.61 Å². The van der Waals surface area contributed by atoms with Crippen LogP contribution in [0, 0.1) is 0 Å². The zero-order valence-electron chi connectivity index (χ0n) is 52.1. The number of carbonyl (C=O) groups excluding carboxylic acids is 2. The van der Waals surface area contributed by atoms with Crippen LogP contribution in [0.2, 0.25) is 0 Å². The molecule has 0 aromatic heterocycles. The third kappa shape index (κ3) is 67.0. The van der Waals surface area contributed by atoms with Crippen LogP contribution in [0.1, 0.15) is 328 Å². The van der Waals surface area contributed by atoms with Gasteiger partial charge in [0.25, 0.3) is 0 Å². The van der Waals surface area contributed by atoms with Gasteiger partial charge in [-0.05, 0) is 83.5 Å². The Hall–Kier alpha value is -3.44. The zero-order chi connectivity index (χ0) is 56.9. The van der Waals surface area contributed by atoms with Crippen molar-refractivity contribution < 1.29 is 24.2 Å². The van der Waals surface area contributed by atoms with Gasteiger partial charge in [-0.15, -0.1) is 0 Å². The molecule has 0 aliphatic heterocycles. The Kier molecular flexibility index (Phi) is 65.8. The van der Waals surface area contributed by atoms with E-state index in [9.17, 15) is 14.7 Å². The third-order valence-electron chi connectivity index (χ3n) is 14.8. The molecule has 0 saturated heterocycles. The fraction of sp³-hybridized carbons (Fsp3) is 0.730. The van der Waals surface area contributed by atoms with E-state index in [4.69, 9.17) is 9.47 Å². The molecule has 0 radical (unpaired) electrons. The second-order valence-corrected chi connectivity index (χ2v) is 22.5. The number of hydrogen-bond acceptors (Lipinski definition) is 5. The smallest absolute Gasteiger partial charge is 0.306 e. The summed E-state index contributed by atoms with van der Waals surface area (Å²) in [4.78, 5) is 24.6. The molecule has 1 unspecified atom stereocenters. The van der Waals surface area contributed by atoms with Gasteiger partial charge in [-0.3, -0.25) is 9.59 Å². The molecular formula is C74H128O5.